The van der Waals surface area contributed by atoms with Gasteiger partial charge in [-0.3, -0.25) is 4.79 Å². The van der Waals surface area contributed by atoms with E-state index in [1.807, 2.05) is 0 Å². The highest BCUT2D eigenvalue weighted by Crippen LogP contribution is 2.15. The molecule has 0 saturated heterocycles. The van der Waals surface area contributed by atoms with Crippen LogP contribution in [0.2, 0.25) is 0 Å². The number of aromatic nitrogens is 2. The number of carboxylic acid groups (broad SMARTS) is 1. The number of anilines is 1. The third-order valence-electron chi connectivity index (χ3n) is 2.53. The first-order chi connectivity index (χ1) is 9.15. The van der Waals surface area contributed by atoms with Gasteiger partial charge in [0, 0.05) is 18.7 Å². The van der Waals surface area contributed by atoms with E-state index in [9.17, 15) is 9.59 Å². The van der Waals surface area contributed by atoms with Gasteiger partial charge >= 0.3 is 12.0 Å². The monoisotopic (exact) mass is 262 g/mol. The number of aromatic amines is 1. The molecule has 2 rings (SSSR count). The standard InChI is InChI=1S/C12H14N4O3/c17-11(18)2-1-5-13-12(19)16-8-3-4-9-10(6-8)15-7-14-9/h3-4,6-7H,1-2,5H2,(H,14,15)(H,17,18)(H2,13,16,19). The molecule has 0 saturated carbocycles. The number of aliphatic carboxylic acids is 1. The minimum absolute atomic E-state index is 0.0420. The summed E-state index contributed by atoms with van der Waals surface area (Å²) in [6.45, 7) is 0.324. The van der Waals surface area contributed by atoms with Gasteiger partial charge in [0.1, 0.15) is 0 Å². The average Bonchev–Trinajstić information content (AvgIpc) is 2.82. The Kier molecular flexibility index (Phi) is 3.97. The molecule has 0 aliphatic rings. The number of imidazole rings is 1. The summed E-state index contributed by atoms with van der Waals surface area (Å²) in [7, 11) is 0. The zero-order valence-corrected chi connectivity index (χ0v) is 10.1. The minimum atomic E-state index is -0.869. The second-order valence-corrected chi connectivity index (χ2v) is 4.01. The van der Waals surface area contributed by atoms with Crippen molar-refractivity contribution < 1.29 is 14.7 Å². The third kappa shape index (κ3) is 3.70. The van der Waals surface area contributed by atoms with Crippen molar-refractivity contribution in [1.82, 2.24) is 15.3 Å². The molecule has 19 heavy (non-hydrogen) atoms. The molecule has 2 aromatic rings. The Balaban J connectivity index is 1.82. The topological polar surface area (TPSA) is 107 Å². The van der Waals surface area contributed by atoms with Crippen LogP contribution in [0.3, 0.4) is 0 Å². The molecule has 0 bridgehead atoms. The fourth-order valence-electron chi connectivity index (χ4n) is 1.63. The quantitative estimate of drug-likeness (QED) is 0.613. The fraction of sp³-hybridized carbons (Fsp3) is 0.250. The van der Waals surface area contributed by atoms with Gasteiger partial charge in [0.15, 0.2) is 0 Å². The molecule has 1 aromatic carbocycles. The van der Waals surface area contributed by atoms with Crippen LogP contribution in [0.1, 0.15) is 12.8 Å². The van der Waals surface area contributed by atoms with Crippen molar-refractivity contribution in [3.05, 3.63) is 24.5 Å². The van der Waals surface area contributed by atoms with Gasteiger partial charge < -0.3 is 20.7 Å². The predicted molar refractivity (Wildman–Crippen MR) is 70.0 cm³/mol. The highest BCUT2D eigenvalue weighted by molar-refractivity contribution is 5.91. The van der Waals surface area contributed by atoms with Crippen LogP contribution in [0.4, 0.5) is 10.5 Å². The molecule has 0 fully saturated rings. The van der Waals surface area contributed by atoms with Crippen molar-refractivity contribution in [2.24, 2.45) is 0 Å². The number of carbonyl (C=O) groups excluding carboxylic acids is 1. The molecule has 1 heterocycles. The molecule has 2 amide bonds. The van der Waals surface area contributed by atoms with Gasteiger partial charge in [0.25, 0.3) is 0 Å². The van der Waals surface area contributed by atoms with Gasteiger partial charge in [-0.1, -0.05) is 0 Å². The third-order valence-corrected chi connectivity index (χ3v) is 2.53. The van der Waals surface area contributed by atoms with Crippen molar-refractivity contribution in [3.63, 3.8) is 0 Å². The number of nitrogens with one attached hydrogen (secondary N) is 3. The van der Waals surface area contributed by atoms with Crippen molar-refractivity contribution in [3.8, 4) is 0 Å². The Labute approximate surface area is 109 Å². The molecule has 4 N–H and O–H groups in total. The SMILES string of the molecule is O=C(O)CCCNC(=O)Nc1ccc2nc[nH]c2c1. The lowest BCUT2D eigenvalue weighted by Crippen LogP contribution is -2.29. The predicted octanol–water partition coefficient (Wildman–Crippen LogP) is 1.55. The van der Waals surface area contributed by atoms with Gasteiger partial charge in [0.05, 0.1) is 17.4 Å². The van der Waals surface area contributed by atoms with E-state index < -0.39 is 5.97 Å². The molecule has 100 valence electrons. The normalized spacial score (nSPS) is 10.3. The molecular weight excluding hydrogens is 248 g/mol. The molecule has 0 unspecified atom stereocenters. The summed E-state index contributed by atoms with van der Waals surface area (Å²) >= 11 is 0. The minimum Gasteiger partial charge on any atom is -0.481 e. The van der Waals surface area contributed by atoms with Crippen LogP contribution in [-0.2, 0) is 4.79 Å². The van der Waals surface area contributed by atoms with Crippen LogP contribution < -0.4 is 10.6 Å². The number of amides is 2. The maximum atomic E-state index is 11.5. The van der Waals surface area contributed by atoms with Gasteiger partial charge in [-0.2, -0.15) is 0 Å². The Morgan fingerprint density at radius 1 is 1.37 bits per heavy atom. The summed E-state index contributed by atoms with van der Waals surface area (Å²) in [6, 6.07) is 4.97. The summed E-state index contributed by atoms with van der Waals surface area (Å²) in [4.78, 5) is 28.9. The van der Waals surface area contributed by atoms with E-state index in [4.69, 9.17) is 5.11 Å². The number of hydrogen-bond acceptors (Lipinski definition) is 3. The number of carboxylic acids is 1. The Hall–Kier alpha value is -2.57. The van der Waals surface area contributed by atoms with E-state index >= 15 is 0 Å². The zero-order valence-electron chi connectivity index (χ0n) is 10.1. The maximum Gasteiger partial charge on any atom is 0.319 e. The van der Waals surface area contributed by atoms with E-state index in [-0.39, 0.29) is 12.5 Å². The first-order valence-electron chi connectivity index (χ1n) is 5.85. The summed E-state index contributed by atoms with van der Waals surface area (Å²) in [6.07, 6.45) is 2.03. The first-order valence-corrected chi connectivity index (χ1v) is 5.85. The van der Waals surface area contributed by atoms with Crippen LogP contribution in [0.15, 0.2) is 24.5 Å². The summed E-state index contributed by atoms with van der Waals surface area (Å²) in [5.41, 5.74) is 2.31. The molecule has 0 aliphatic carbocycles. The number of hydrogen-bond donors (Lipinski definition) is 4. The van der Waals surface area contributed by atoms with E-state index in [2.05, 4.69) is 20.6 Å². The Morgan fingerprint density at radius 2 is 2.21 bits per heavy atom. The summed E-state index contributed by atoms with van der Waals surface area (Å²) in [5, 5.41) is 13.7. The number of urea groups is 1. The Morgan fingerprint density at radius 3 is 3.00 bits per heavy atom. The number of rotatable bonds is 5. The van der Waals surface area contributed by atoms with Gasteiger partial charge in [-0.15, -0.1) is 0 Å². The molecule has 0 aliphatic heterocycles. The van der Waals surface area contributed by atoms with E-state index in [0.29, 0.717) is 18.7 Å². The van der Waals surface area contributed by atoms with Crippen LogP contribution in [0.25, 0.3) is 11.0 Å². The van der Waals surface area contributed by atoms with Gasteiger partial charge in [-0.05, 0) is 24.6 Å². The van der Waals surface area contributed by atoms with Gasteiger partial charge in [-0.25, -0.2) is 9.78 Å². The number of benzene rings is 1. The lowest BCUT2D eigenvalue weighted by Gasteiger charge is -2.06. The van der Waals surface area contributed by atoms with Crippen LogP contribution in [0, 0.1) is 0 Å². The second kappa shape index (κ2) is 5.85. The fourth-order valence-corrected chi connectivity index (χ4v) is 1.63. The van der Waals surface area contributed by atoms with Crippen molar-refractivity contribution in [2.75, 3.05) is 11.9 Å². The average molecular weight is 262 g/mol. The molecule has 7 heteroatoms. The van der Waals surface area contributed by atoms with E-state index in [0.717, 1.165) is 11.0 Å². The number of carbonyl (C=O) groups is 2. The molecule has 7 nitrogen and oxygen atoms in total. The highest BCUT2D eigenvalue weighted by atomic mass is 16.4. The Bertz CT molecular complexity index is 593. The molecule has 0 radical (unpaired) electrons. The number of H-pyrrole nitrogens is 1. The van der Waals surface area contributed by atoms with E-state index in [1.54, 1.807) is 24.5 Å². The summed E-state index contributed by atoms with van der Waals surface area (Å²) < 4.78 is 0. The van der Waals surface area contributed by atoms with Crippen molar-refractivity contribution in [2.45, 2.75) is 12.8 Å². The van der Waals surface area contributed by atoms with Crippen LogP contribution in [0.5, 0.6) is 0 Å². The number of fused-ring (bicyclic) bond motifs is 1. The molecule has 1 aromatic heterocycles. The molecule has 0 spiro atoms. The largest absolute Gasteiger partial charge is 0.481 e. The highest BCUT2D eigenvalue weighted by Gasteiger charge is 2.03. The first kappa shape index (κ1) is 12.9. The van der Waals surface area contributed by atoms with E-state index in [1.165, 1.54) is 0 Å². The summed E-state index contributed by atoms with van der Waals surface area (Å²) in [5.74, 6) is -0.869. The van der Waals surface area contributed by atoms with Crippen LogP contribution >= 0.6 is 0 Å². The second-order valence-electron chi connectivity index (χ2n) is 4.01. The maximum absolute atomic E-state index is 11.5. The molecule has 0 atom stereocenters. The lowest BCUT2D eigenvalue weighted by molar-refractivity contribution is -0.137. The smallest absolute Gasteiger partial charge is 0.319 e. The zero-order chi connectivity index (χ0) is 13.7. The molecular formula is C12H14N4O3. The van der Waals surface area contributed by atoms with Crippen molar-refractivity contribution in [1.29, 1.82) is 0 Å². The number of nitrogens with zero attached hydrogens (tertiary/aromatic N) is 1. The van der Waals surface area contributed by atoms with Crippen LogP contribution in [-0.4, -0.2) is 33.6 Å². The lowest BCUT2D eigenvalue weighted by atomic mass is 10.3. The van der Waals surface area contributed by atoms with Gasteiger partial charge in [0.2, 0.25) is 0 Å². The van der Waals surface area contributed by atoms with Crippen molar-refractivity contribution >= 4 is 28.7 Å².